The number of carbonyl (C=O) groups excluding carboxylic acids is 2. The summed E-state index contributed by atoms with van der Waals surface area (Å²) < 4.78 is 6.40. The molecule has 1 aromatic heterocycles. The lowest BCUT2D eigenvalue weighted by atomic mass is 9.97. The molecule has 0 spiro atoms. The number of hydrogen-bond acceptors (Lipinski definition) is 7. The summed E-state index contributed by atoms with van der Waals surface area (Å²) in [7, 11) is 0. The molecule has 0 bridgehead atoms. The van der Waals surface area contributed by atoms with Gasteiger partial charge in [-0.1, -0.05) is 11.3 Å². The Hall–Kier alpha value is -3.17. The van der Waals surface area contributed by atoms with Gasteiger partial charge >= 0.3 is 0 Å². The van der Waals surface area contributed by atoms with Crippen molar-refractivity contribution in [2.24, 2.45) is 5.92 Å². The highest BCUT2D eigenvalue weighted by molar-refractivity contribution is 7.22. The average Bonchev–Trinajstić information content (AvgIpc) is 3.38. The minimum absolute atomic E-state index is 0.0108. The van der Waals surface area contributed by atoms with Crippen LogP contribution in [-0.2, 0) is 9.53 Å². The maximum atomic E-state index is 13.0. The molecule has 2 fully saturated rings. The van der Waals surface area contributed by atoms with Gasteiger partial charge in [0.2, 0.25) is 5.91 Å². The van der Waals surface area contributed by atoms with E-state index in [9.17, 15) is 9.59 Å². The quantitative estimate of drug-likeness (QED) is 0.494. The summed E-state index contributed by atoms with van der Waals surface area (Å²) in [6, 6.07) is 13.6. The Labute approximate surface area is 222 Å². The van der Waals surface area contributed by atoms with E-state index in [0.29, 0.717) is 12.1 Å². The zero-order valence-electron chi connectivity index (χ0n) is 21.6. The van der Waals surface area contributed by atoms with Crippen molar-refractivity contribution >= 4 is 49.9 Å². The van der Waals surface area contributed by atoms with Crippen LogP contribution >= 0.6 is 11.3 Å². The molecule has 37 heavy (non-hydrogen) atoms. The predicted molar refractivity (Wildman–Crippen MR) is 150 cm³/mol. The summed E-state index contributed by atoms with van der Waals surface area (Å²) in [5.74, 6) is 0.114. The first-order valence-corrected chi connectivity index (χ1v) is 14.1. The Kier molecular flexibility index (Phi) is 7.90. The fourth-order valence-corrected chi connectivity index (χ4v) is 6.16. The number of amides is 2. The summed E-state index contributed by atoms with van der Waals surface area (Å²) in [6.07, 6.45) is 1.90. The molecule has 2 aliphatic heterocycles. The van der Waals surface area contributed by atoms with Crippen molar-refractivity contribution in [1.29, 1.82) is 0 Å². The molecule has 2 aliphatic rings. The van der Waals surface area contributed by atoms with Crippen LogP contribution < -0.4 is 15.1 Å². The maximum absolute atomic E-state index is 13.0. The van der Waals surface area contributed by atoms with Crippen LogP contribution in [0.5, 0.6) is 0 Å². The van der Waals surface area contributed by atoms with Gasteiger partial charge < -0.3 is 24.8 Å². The van der Waals surface area contributed by atoms with Crippen molar-refractivity contribution in [3.8, 4) is 0 Å². The molecule has 3 heterocycles. The van der Waals surface area contributed by atoms with Crippen molar-refractivity contribution in [3.05, 3.63) is 48.0 Å². The van der Waals surface area contributed by atoms with Gasteiger partial charge in [0.15, 0.2) is 5.13 Å². The van der Waals surface area contributed by atoms with Crippen LogP contribution in [-0.4, -0.2) is 74.2 Å². The lowest BCUT2D eigenvalue weighted by Gasteiger charge is -2.34. The summed E-state index contributed by atoms with van der Waals surface area (Å²) in [5.41, 5.74) is 3.39. The minimum atomic E-state index is -0.140. The number of hydrogen-bond donors (Lipinski definition) is 1. The van der Waals surface area contributed by atoms with Gasteiger partial charge in [-0.2, -0.15) is 0 Å². The van der Waals surface area contributed by atoms with Crippen LogP contribution in [0.25, 0.3) is 10.2 Å². The van der Waals surface area contributed by atoms with Crippen molar-refractivity contribution in [2.75, 3.05) is 67.6 Å². The zero-order chi connectivity index (χ0) is 25.8. The molecule has 2 aromatic carbocycles. The molecular formula is C28H35N5O3S. The molecule has 0 radical (unpaired) electrons. The summed E-state index contributed by atoms with van der Waals surface area (Å²) in [6.45, 7) is 10.4. The average molecular weight is 522 g/mol. The van der Waals surface area contributed by atoms with E-state index in [-0.39, 0.29) is 17.7 Å². The lowest BCUT2D eigenvalue weighted by molar-refractivity contribution is -0.135. The Bertz CT molecular complexity index is 1230. The van der Waals surface area contributed by atoms with E-state index in [1.165, 1.54) is 0 Å². The molecule has 2 saturated heterocycles. The molecule has 9 heteroatoms. The Morgan fingerprint density at radius 3 is 2.54 bits per heavy atom. The van der Waals surface area contributed by atoms with E-state index in [4.69, 9.17) is 9.72 Å². The molecule has 3 aromatic rings. The van der Waals surface area contributed by atoms with Crippen molar-refractivity contribution in [2.45, 2.75) is 26.7 Å². The topological polar surface area (TPSA) is 78.0 Å². The van der Waals surface area contributed by atoms with E-state index in [2.05, 4.69) is 15.1 Å². The highest BCUT2D eigenvalue weighted by Gasteiger charge is 2.29. The first-order chi connectivity index (χ1) is 18.1. The molecule has 1 atom stereocenters. The number of benzene rings is 2. The van der Waals surface area contributed by atoms with Crippen LogP contribution in [0, 0.1) is 5.92 Å². The van der Waals surface area contributed by atoms with Gasteiger partial charge in [-0.3, -0.25) is 9.59 Å². The number of thiazole rings is 1. The van der Waals surface area contributed by atoms with Crippen LogP contribution in [0.1, 0.15) is 37.0 Å². The van der Waals surface area contributed by atoms with Crippen molar-refractivity contribution < 1.29 is 14.3 Å². The zero-order valence-corrected chi connectivity index (χ0v) is 22.4. The summed E-state index contributed by atoms with van der Waals surface area (Å²) in [4.78, 5) is 37.2. The summed E-state index contributed by atoms with van der Waals surface area (Å²) in [5, 5.41) is 3.93. The van der Waals surface area contributed by atoms with Crippen LogP contribution in [0.2, 0.25) is 0 Å². The molecule has 0 aliphatic carbocycles. The van der Waals surface area contributed by atoms with Crippen LogP contribution in [0.4, 0.5) is 16.5 Å². The molecule has 5 rings (SSSR count). The number of carbonyl (C=O) groups is 2. The fourth-order valence-electron chi connectivity index (χ4n) is 5.12. The second-order valence-electron chi connectivity index (χ2n) is 9.58. The molecule has 8 nitrogen and oxygen atoms in total. The Balaban J connectivity index is 1.25. The molecule has 0 saturated carbocycles. The number of nitrogens with one attached hydrogen (secondary N) is 1. The van der Waals surface area contributed by atoms with Gasteiger partial charge in [0.05, 0.1) is 29.3 Å². The van der Waals surface area contributed by atoms with E-state index in [1.807, 2.05) is 61.2 Å². The third-order valence-corrected chi connectivity index (χ3v) is 8.34. The molecule has 2 amide bonds. The van der Waals surface area contributed by atoms with Crippen molar-refractivity contribution in [1.82, 2.24) is 9.88 Å². The number of fused-ring (bicyclic) bond motifs is 1. The monoisotopic (exact) mass is 521 g/mol. The van der Waals surface area contributed by atoms with Crippen LogP contribution in [0.15, 0.2) is 42.5 Å². The number of aromatic nitrogens is 1. The highest BCUT2D eigenvalue weighted by Crippen LogP contribution is 2.33. The molecular weight excluding hydrogens is 486 g/mol. The van der Waals surface area contributed by atoms with E-state index in [1.54, 1.807) is 11.3 Å². The van der Waals surface area contributed by atoms with Gasteiger partial charge in [-0.25, -0.2) is 4.98 Å². The lowest BCUT2D eigenvalue weighted by Crippen LogP contribution is -2.44. The Morgan fingerprint density at radius 1 is 1.05 bits per heavy atom. The number of morpholine rings is 1. The number of anilines is 3. The minimum Gasteiger partial charge on any atom is -0.378 e. The third-order valence-electron chi connectivity index (χ3n) is 7.26. The first-order valence-electron chi connectivity index (χ1n) is 13.2. The maximum Gasteiger partial charge on any atom is 0.255 e. The van der Waals surface area contributed by atoms with E-state index < -0.39 is 0 Å². The standard InChI is InChI=1S/C28H35N5O3S/c1-3-31(4-2)27(35)21-6-5-13-33(19-21)28-30-24-12-7-20(18-25(24)37-28)26(34)29-22-8-10-23(11-9-22)32-14-16-36-17-15-32/h7-12,18,21H,3-6,13-17,19H2,1-2H3,(H,29,34). The van der Waals surface area contributed by atoms with Gasteiger partial charge in [-0.15, -0.1) is 0 Å². The number of ether oxygens (including phenoxy) is 1. The first kappa shape index (κ1) is 25.5. The fraction of sp³-hybridized carbons (Fsp3) is 0.464. The molecule has 1 N–H and O–H groups in total. The third kappa shape index (κ3) is 5.72. The van der Waals surface area contributed by atoms with Gasteiger partial charge in [0.25, 0.3) is 5.91 Å². The highest BCUT2D eigenvalue weighted by atomic mass is 32.1. The molecule has 1 unspecified atom stereocenters. The van der Waals surface area contributed by atoms with Gasteiger partial charge in [0, 0.05) is 56.2 Å². The predicted octanol–water partition coefficient (Wildman–Crippen LogP) is 4.47. The van der Waals surface area contributed by atoms with E-state index >= 15 is 0 Å². The number of nitrogens with zero attached hydrogens (tertiary/aromatic N) is 4. The summed E-state index contributed by atoms with van der Waals surface area (Å²) >= 11 is 1.59. The number of rotatable bonds is 7. The van der Waals surface area contributed by atoms with Gasteiger partial charge in [0.1, 0.15) is 0 Å². The van der Waals surface area contributed by atoms with Gasteiger partial charge in [-0.05, 0) is 69.2 Å². The van der Waals surface area contributed by atoms with E-state index in [0.717, 1.165) is 85.5 Å². The Morgan fingerprint density at radius 2 is 1.81 bits per heavy atom. The second-order valence-corrected chi connectivity index (χ2v) is 10.6. The number of piperidine rings is 1. The normalized spacial score (nSPS) is 18.2. The SMILES string of the molecule is CCN(CC)C(=O)C1CCCN(c2nc3ccc(C(=O)Nc4ccc(N5CCOCC5)cc4)cc3s2)C1. The molecule has 196 valence electrons. The smallest absolute Gasteiger partial charge is 0.255 e. The van der Waals surface area contributed by atoms with Crippen LogP contribution in [0.3, 0.4) is 0 Å². The largest absolute Gasteiger partial charge is 0.378 e. The second kappa shape index (κ2) is 11.5. The van der Waals surface area contributed by atoms with Crippen molar-refractivity contribution in [3.63, 3.8) is 0 Å².